The van der Waals surface area contributed by atoms with E-state index in [9.17, 15) is 0 Å². The lowest BCUT2D eigenvalue weighted by Crippen LogP contribution is -2.02. The largest absolute Gasteiger partial charge is 0.309 e. The second kappa shape index (κ2) is 14.0. The Hall–Kier alpha value is -7.73. The third kappa shape index (κ3) is 5.63. The molecule has 280 valence electrons. The topological polar surface area (TPSA) is 43.6 Å². The Kier molecular flexibility index (Phi) is 8.00. The van der Waals surface area contributed by atoms with E-state index in [0.717, 1.165) is 50.1 Å². The van der Waals surface area contributed by atoms with Crippen LogP contribution < -0.4 is 0 Å². The molecule has 0 fully saturated rings. The Morgan fingerprint density at radius 1 is 0.333 bits per heavy atom. The summed E-state index contributed by atoms with van der Waals surface area (Å²) in [5.74, 6) is 1.87. The maximum absolute atomic E-state index is 5.32. The summed E-state index contributed by atoms with van der Waals surface area (Å²) >= 11 is 1.84. The quantitative estimate of drug-likeness (QED) is 0.169. The maximum Gasteiger partial charge on any atom is 0.164 e. The first-order chi connectivity index (χ1) is 29.7. The minimum absolute atomic E-state index is 0.616. The van der Waals surface area contributed by atoms with Crippen LogP contribution in [0.25, 0.3) is 115 Å². The van der Waals surface area contributed by atoms with Gasteiger partial charge in [-0.25, -0.2) is 15.0 Å². The molecular weight excluding hydrogens is 749 g/mol. The molecule has 0 N–H and O–H groups in total. The molecule has 0 saturated heterocycles. The summed E-state index contributed by atoms with van der Waals surface area (Å²) in [5.41, 5.74) is 10.7. The summed E-state index contributed by atoms with van der Waals surface area (Å²) in [5, 5.41) is 7.39. The van der Waals surface area contributed by atoms with Crippen molar-refractivity contribution in [2.75, 3.05) is 0 Å². The van der Waals surface area contributed by atoms with Gasteiger partial charge in [0.2, 0.25) is 0 Å². The zero-order valence-electron chi connectivity index (χ0n) is 32.3. The van der Waals surface area contributed by atoms with Crippen LogP contribution in [0.2, 0.25) is 0 Å². The molecule has 0 aliphatic rings. The molecule has 0 bridgehead atoms. The van der Waals surface area contributed by atoms with Crippen molar-refractivity contribution >= 4 is 64.1 Å². The molecule has 0 atom stereocenters. The lowest BCUT2D eigenvalue weighted by molar-refractivity contribution is 1.07. The van der Waals surface area contributed by atoms with Gasteiger partial charge < -0.3 is 4.57 Å². The van der Waals surface area contributed by atoms with Crippen molar-refractivity contribution in [2.45, 2.75) is 0 Å². The van der Waals surface area contributed by atoms with Gasteiger partial charge in [0.15, 0.2) is 17.5 Å². The highest BCUT2D eigenvalue weighted by molar-refractivity contribution is 7.25. The Balaban J connectivity index is 1.16. The van der Waals surface area contributed by atoms with Crippen LogP contribution in [0.1, 0.15) is 0 Å². The van der Waals surface area contributed by atoms with Gasteiger partial charge in [-0.2, -0.15) is 0 Å². The Bertz CT molecular complexity index is 3610. The average molecular weight is 783 g/mol. The van der Waals surface area contributed by atoms with Crippen molar-refractivity contribution in [1.82, 2.24) is 19.5 Å². The van der Waals surface area contributed by atoms with Crippen LogP contribution in [-0.2, 0) is 0 Å². The molecule has 5 heteroatoms. The van der Waals surface area contributed by atoms with Crippen molar-refractivity contribution in [1.29, 1.82) is 0 Å². The fraction of sp³-hybridized carbons (Fsp3) is 0. The first-order valence-electron chi connectivity index (χ1n) is 20.2. The molecule has 0 saturated carbocycles. The van der Waals surface area contributed by atoms with Crippen molar-refractivity contribution < 1.29 is 0 Å². The van der Waals surface area contributed by atoms with Gasteiger partial charge in [-0.05, 0) is 76.0 Å². The number of thiophene rings is 1. The number of aromatic nitrogens is 4. The van der Waals surface area contributed by atoms with E-state index < -0.39 is 0 Å². The zero-order chi connectivity index (χ0) is 39.6. The fourth-order valence-electron chi connectivity index (χ4n) is 8.89. The molecule has 60 heavy (non-hydrogen) atoms. The van der Waals surface area contributed by atoms with Gasteiger partial charge in [-0.3, -0.25) is 0 Å². The van der Waals surface area contributed by atoms with Gasteiger partial charge in [0.25, 0.3) is 0 Å². The molecule has 0 radical (unpaired) electrons. The highest BCUT2D eigenvalue weighted by Crippen LogP contribution is 2.45. The molecule has 3 heterocycles. The van der Waals surface area contributed by atoms with Crippen LogP contribution >= 0.6 is 11.3 Å². The van der Waals surface area contributed by atoms with Gasteiger partial charge in [-0.1, -0.05) is 158 Å². The molecule has 0 aliphatic carbocycles. The van der Waals surface area contributed by atoms with Crippen LogP contribution in [0.15, 0.2) is 206 Å². The smallest absolute Gasteiger partial charge is 0.164 e. The normalized spacial score (nSPS) is 11.7. The van der Waals surface area contributed by atoms with E-state index in [0.29, 0.717) is 17.5 Å². The SMILES string of the molecule is c1ccc(-c2nc(-c3ccc(-n4c5ccccc5c5cc6ccccc6cc54)c(-c4cccc5sc6ccccc6c45)c3)nc(-c3ccccc3-c3ccccc3)n2)cc1. The summed E-state index contributed by atoms with van der Waals surface area (Å²) in [4.78, 5) is 15.7. The van der Waals surface area contributed by atoms with Gasteiger partial charge in [0.1, 0.15) is 0 Å². The van der Waals surface area contributed by atoms with Crippen LogP contribution in [-0.4, -0.2) is 19.5 Å². The highest BCUT2D eigenvalue weighted by Gasteiger charge is 2.22. The standard InChI is InChI=1S/C55H34N4S/c1-3-16-35(17-4-1)40-22-9-10-24-43(40)55-57-53(36-18-5-2-6-19-36)56-54(58-55)39-30-31-48(46(33-39)42-26-15-29-51-52(42)44-25-12-14-28-50(44)60-51)59-47-27-13-11-23-41(47)45-32-37-20-7-8-21-38(37)34-49(45)59/h1-34H. The van der Waals surface area contributed by atoms with E-state index >= 15 is 0 Å². The zero-order valence-corrected chi connectivity index (χ0v) is 33.1. The number of hydrogen-bond donors (Lipinski definition) is 0. The number of hydrogen-bond acceptors (Lipinski definition) is 4. The predicted molar refractivity (Wildman–Crippen MR) is 252 cm³/mol. The number of nitrogens with zero attached hydrogens (tertiary/aromatic N) is 4. The lowest BCUT2D eigenvalue weighted by atomic mass is 9.95. The molecule has 9 aromatic carbocycles. The number of fused-ring (bicyclic) bond motifs is 7. The summed E-state index contributed by atoms with van der Waals surface area (Å²) in [7, 11) is 0. The summed E-state index contributed by atoms with van der Waals surface area (Å²) < 4.78 is 4.98. The Labute approximate surface area is 350 Å². The first kappa shape index (κ1) is 34.3. The molecule has 0 amide bonds. The molecule has 12 rings (SSSR count). The Morgan fingerprint density at radius 3 is 1.75 bits per heavy atom. The highest BCUT2D eigenvalue weighted by atomic mass is 32.1. The molecule has 0 aliphatic heterocycles. The molecular formula is C55H34N4S. The average Bonchev–Trinajstić information content (AvgIpc) is 3.86. The molecule has 0 unspecified atom stereocenters. The molecule has 0 spiro atoms. The molecule has 12 aromatic rings. The maximum atomic E-state index is 5.32. The lowest BCUT2D eigenvalue weighted by Gasteiger charge is -2.17. The number of para-hydroxylation sites is 1. The van der Waals surface area contributed by atoms with Crippen molar-refractivity contribution in [3.8, 4) is 62.1 Å². The van der Waals surface area contributed by atoms with E-state index in [1.807, 2.05) is 35.6 Å². The third-order valence-electron chi connectivity index (χ3n) is 11.6. The first-order valence-corrected chi connectivity index (χ1v) is 21.0. The third-order valence-corrected chi connectivity index (χ3v) is 12.8. The fourth-order valence-corrected chi connectivity index (χ4v) is 10.0. The molecule has 4 nitrogen and oxygen atoms in total. The van der Waals surface area contributed by atoms with Crippen molar-refractivity contribution in [2.24, 2.45) is 0 Å². The van der Waals surface area contributed by atoms with E-state index in [-0.39, 0.29) is 0 Å². The minimum atomic E-state index is 0.616. The second-order valence-electron chi connectivity index (χ2n) is 15.2. The van der Waals surface area contributed by atoms with E-state index in [1.54, 1.807) is 0 Å². The van der Waals surface area contributed by atoms with Crippen molar-refractivity contribution in [3.05, 3.63) is 206 Å². The second-order valence-corrected chi connectivity index (χ2v) is 16.2. The number of benzene rings is 9. The monoisotopic (exact) mass is 782 g/mol. The number of rotatable bonds is 6. The van der Waals surface area contributed by atoms with Crippen LogP contribution in [0.4, 0.5) is 0 Å². The van der Waals surface area contributed by atoms with Crippen molar-refractivity contribution in [3.63, 3.8) is 0 Å². The summed E-state index contributed by atoms with van der Waals surface area (Å²) in [6.45, 7) is 0. The van der Waals surface area contributed by atoms with Gasteiger partial charge in [0.05, 0.1) is 16.7 Å². The van der Waals surface area contributed by atoms with Gasteiger partial charge in [0, 0.05) is 53.2 Å². The van der Waals surface area contributed by atoms with E-state index in [2.05, 4.69) is 187 Å². The Morgan fingerprint density at radius 2 is 0.933 bits per heavy atom. The van der Waals surface area contributed by atoms with E-state index in [1.165, 1.54) is 47.3 Å². The predicted octanol–water partition coefficient (Wildman–Crippen LogP) is 14.8. The van der Waals surface area contributed by atoms with Crippen LogP contribution in [0.5, 0.6) is 0 Å². The van der Waals surface area contributed by atoms with Crippen LogP contribution in [0, 0.1) is 0 Å². The van der Waals surface area contributed by atoms with Crippen LogP contribution in [0.3, 0.4) is 0 Å². The van der Waals surface area contributed by atoms with E-state index in [4.69, 9.17) is 15.0 Å². The van der Waals surface area contributed by atoms with Gasteiger partial charge in [-0.15, -0.1) is 11.3 Å². The van der Waals surface area contributed by atoms with Gasteiger partial charge >= 0.3 is 0 Å². The summed E-state index contributed by atoms with van der Waals surface area (Å²) in [6, 6.07) is 73.4. The minimum Gasteiger partial charge on any atom is -0.309 e. The summed E-state index contributed by atoms with van der Waals surface area (Å²) in [6.07, 6.45) is 0. The molecule has 3 aromatic heterocycles.